The Hall–Kier alpha value is -2.17. The van der Waals surface area contributed by atoms with Gasteiger partial charge in [-0.1, -0.05) is 6.58 Å². The van der Waals surface area contributed by atoms with Crippen LogP contribution in [0.1, 0.15) is 24.3 Å². The first kappa shape index (κ1) is 15.2. The fourth-order valence-electron chi connectivity index (χ4n) is 2.63. The number of nitrogens with zero attached hydrogens (tertiary/aromatic N) is 3. The van der Waals surface area contributed by atoms with Gasteiger partial charge in [-0.05, 0) is 42.5 Å². The average molecular weight is 287 g/mol. The zero-order chi connectivity index (χ0) is 15.2. The third-order valence-corrected chi connectivity index (χ3v) is 3.95. The lowest BCUT2D eigenvalue weighted by Gasteiger charge is -2.33. The van der Waals surface area contributed by atoms with Gasteiger partial charge in [0.2, 0.25) is 11.8 Å². The van der Waals surface area contributed by atoms with Crippen molar-refractivity contribution in [3.63, 3.8) is 0 Å². The smallest absolute Gasteiger partial charge is 0.246 e. The van der Waals surface area contributed by atoms with Crippen LogP contribution in [0.4, 0.5) is 0 Å². The lowest BCUT2D eigenvalue weighted by molar-refractivity contribution is -0.138. The molecule has 2 amide bonds. The summed E-state index contributed by atoms with van der Waals surface area (Å²) in [5, 5.41) is 0. The average Bonchev–Trinajstić information content (AvgIpc) is 2.55. The van der Waals surface area contributed by atoms with Crippen LogP contribution in [0.25, 0.3) is 0 Å². The molecule has 1 aromatic rings. The van der Waals surface area contributed by atoms with Crippen LogP contribution in [0.15, 0.2) is 37.2 Å². The molecule has 112 valence electrons. The van der Waals surface area contributed by atoms with Crippen LogP contribution in [0.5, 0.6) is 0 Å². The molecule has 2 rings (SSSR count). The standard InChI is InChI=1S/C16H21N3O2/c1-3-15(20)18(2)12-16(21)19-10-6-14(7-11-19)13-4-8-17-9-5-13/h3-5,8-9,14H,1,6-7,10-12H2,2H3. The molecule has 0 atom stereocenters. The molecule has 0 unspecified atom stereocenters. The minimum Gasteiger partial charge on any atom is -0.341 e. The molecular weight excluding hydrogens is 266 g/mol. The summed E-state index contributed by atoms with van der Waals surface area (Å²) in [7, 11) is 1.62. The van der Waals surface area contributed by atoms with Gasteiger partial charge in [0.1, 0.15) is 0 Å². The van der Waals surface area contributed by atoms with Gasteiger partial charge in [0.15, 0.2) is 0 Å². The Morgan fingerprint density at radius 3 is 2.57 bits per heavy atom. The van der Waals surface area contributed by atoms with Gasteiger partial charge in [0.25, 0.3) is 0 Å². The van der Waals surface area contributed by atoms with E-state index in [0.29, 0.717) is 5.92 Å². The van der Waals surface area contributed by atoms with Gasteiger partial charge in [-0.2, -0.15) is 0 Å². The second-order valence-corrected chi connectivity index (χ2v) is 5.33. The van der Waals surface area contributed by atoms with Crippen LogP contribution < -0.4 is 0 Å². The molecule has 0 spiro atoms. The molecule has 5 heteroatoms. The fourth-order valence-corrected chi connectivity index (χ4v) is 2.63. The molecule has 0 saturated carbocycles. The number of carbonyl (C=O) groups is 2. The number of likely N-dealkylation sites (N-methyl/N-ethyl adjacent to an activating group) is 1. The summed E-state index contributed by atoms with van der Waals surface area (Å²) in [6, 6.07) is 4.08. The number of piperidine rings is 1. The maximum atomic E-state index is 12.2. The monoisotopic (exact) mass is 287 g/mol. The van der Waals surface area contributed by atoms with Gasteiger partial charge >= 0.3 is 0 Å². The van der Waals surface area contributed by atoms with Gasteiger partial charge < -0.3 is 9.80 Å². The quantitative estimate of drug-likeness (QED) is 0.787. The van der Waals surface area contributed by atoms with E-state index in [0.717, 1.165) is 25.9 Å². The van der Waals surface area contributed by atoms with Crippen molar-refractivity contribution in [3.8, 4) is 0 Å². The molecule has 1 aromatic heterocycles. The summed E-state index contributed by atoms with van der Waals surface area (Å²) in [4.78, 5) is 30.8. The van der Waals surface area contributed by atoms with Crippen LogP contribution in [-0.2, 0) is 9.59 Å². The second-order valence-electron chi connectivity index (χ2n) is 5.33. The molecule has 2 heterocycles. The van der Waals surface area contributed by atoms with E-state index in [2.05, 4.69) is 11.6 Å². The number of hydrogen-bond donors (Lipinski definition) is 0. The summed E-state index contributed by atoms with van der Waals surface area (Å²) in [5.41, 5.74) is 1.29. The number of carbonyl (C=O) groups excluding carboxylic acids is 2. The zero-order valence-corrected chi connectivity index (χ0v) is 12.4. The number of pyridine rings is 1. The normalized spacial score (nSPS) is 15.6. The minimum absolute atomic E-state index is 0.000813. The molecule has 1 saturated heterocycles. The second kappa shape index (κ2) is 7.02. The summed E-state index contributed by atoms with van der Waals surface area (Å²) in [6.07, 6.45) is 6.75. The van der Waals surface area contributed by atoms with Crippen molar-refractivity contribution in [3.05, 3.63) is 42.7 Å². The Kier molecular flexibility index (Phi) is 5.09. The highest BCUT2D eigenvalue weighted by atomic mass is 16.2. The Morgan fingerprint density at radius 1 is 1.38 bits per heavy atom. The van der Waals surface area contributed by atoms with E-state index >= 15 is 0 Å². The third-order valence-electron chi connectivity index (χ3n) is 3.95. The van der Waals surface area contributed by atoms with E-state index in [-0.39, 0.29) is 18.4 Å². The van der Waals surface area contributed by atoms with Gasteiger partial charge in [-0.3, -0.25) is 14.6 Å². The maximum Gasteiger partial charge on any atom is 0.246 e. The molecule has 0 bridgehead atoms. The van der Waals surface area contributed by atoms with Gasteiger partial charge in [0, 0.05) is 32.5 Å². The molecule has 1 aliphatic heterocycles. The Labute approximate surface area is 125 Å². The SMILES string of the molecule is C=CC(=O)N(C)CC(=O)N1CCC(c2ccncc2)CC1. The predicted octanol–water partition coefficient (Wildman–Crippen LogP) is 1.43. The van der Waals surface area contributed by atoms with Crippen molar-refractivity contribution in [2.75, 3.05) is 26.7 Å². The molecule has 1 aliphatic rings. The molecule has 21 heavy (non-hydrogen) atoms. The van der Waals surface area contributed by atoms with Crippen molar-refractivity contribution in [2.45, 2.75) is 18.8 Å². The lowest BCUT2D eigenvalue weighted by atomic mass is 9.90. The summed E-state index contributed by atoms with van der Waals surface area (Å²) in [5.74, 6) is 0.264. The first-order chi connectivity index (χ1) is 10.1. The van der Waals surface area contributed by atoms with Crippen molar-refractivity contribution >= 4 is 11.8 Å². The first-order valence-electron chi connectivity index (χ1n) is 7.17. The van der Waals surface area contributed by atoms with Crippen LogP contribution >= 0.6 is 0 Å². The molecule has 0 aliphatic carbocycles. The molecule has 0 radical (unpaired) electrons. The summed E-state index contributed by atoms with van der Waals surface area (Å²) < 4.78 is 0. The van der Waals surface area contributed by atoms with E-state index in [9.17, 15) is 9.59 Å². The fraction of sp³-hybridized carbons (Fsp3) is 0.438. The van der Waals surface area contributed by atoms with Crippen molar-refractivity contribution in [2.24, 2.45) is 0 Å². The van der Waals surface area contributed by atoms with E-state index in [1.54, 1.807) is 7.05 Å². The molecule has 0 N–H and O–H groups in total. The van der Waals surface area contributed by atoms with Crippen LogP contribution in [0.2, 0.25) is 0 Å². The van der Waals surface area contributed by atoms with E-state index in [1.807, 2.05) is 29.4 Å². The molecule has 5 nitrogen and oxygen atoms in total. The van der Waals surface area contributed by atoms with Crippen molar-refractivity contribution in [1.82, 2.24) is 14.8 Å². The zero-order valence-electron chi connectivity index (χ0n) is 12.4. The van der Waals surface area contributed by atoms with Crippen LogP contribution in [-0.4, -0.2) is 53.3 Å². The Bertz CT molecular complexity index is 508. The Balaban J connectivity index is 1.85. The summed E-state index contributed by atoms with van der Waals surface area (Å²) in [6.45, 7) is 5.02. The van der Waals surface area contributed by atoms with Gasteiger partial charge in [0.05, 0.1) is 6.54 Å². The highest BCUT2D eigenvalue weighted by Gasteiger charge is 2.24. The largest absolute Gasteiger partial charge is 0.341 e. The van der Waals surface area contributed by atoms with Gasteiger partial charge in [-0.25, -0.2) is 0 Å². The highest BCUT2D eigenvalue weighted by molar-refractivity contribution is 5.90. The lowest BCUT2D eigenvalue weighted by Crippen LogP contribution is -2.44. The molecule has 0 aromatic carbocycles. The third kappa shape index (κ3) is 3.90. The number of hydrogen-bond acceptors (Lipinski definition) is 3. The van der Waals surface area contributed by atoms with Gasteiger partial charge in [-0.15, -0.1) is 0 Å². The number of aromatic nitrogens is 1. The van der Waals surface area contributed by atoms with Crippen molar-refractivity contribution < 1.29 is 9.59 Å². The molecule has 1 fully saturated rings. The number of rotatable bonds is 4. The molecular formula is C16H21N3O2. The van der Waals surface area contributed by atoms with E-state index in [4.69, 9.17) is 0 Å². The number of likely N-dealkylation sites (tertiary alicyclic amines) is 1. The first-order valence-corrected chi connectivity index (χ1v) is 7.17. The van der Waals surface area contributed by atoms with Crippen LogP contribution in [0, 0.1) is 0 Å². The van der Waals surface area contributed by atoms with Crippen LogP contribution in [0.3, 0.4) is 0 Å². The van der Waals surface area contributed by atoms with E-state index in [1.165, 1.54) is 16.5 Å². The minimum atomic E-state index is -0.227. The summed E-state index contributed by atoms with van der Waals surface area (Å²) >= 11 is 0. The Morgan fingerprint density at radius 2 is 2.00 bits per heavy atom. The highest BCUT2D eigenvalue weighted by Crippen LogP contribution is 2.27. The predicted molar refractivity (Wildman–Crippen MR) is 80.6 cm³/mol. The van der Waals surface area contributed by atoms with Crippen molar-refractivity contribution in [1.29, 1.82) is 0 Å². The number of amides is 2. The maximum absolute atomic E-state index is 12.2. The topological polar surface area (TPSA) is 53.5 Å². The van der Waals surface area contributed by atoms with E-state index < -0.39 is 0 Å².